The SMILES string of the molecule is Cc1ccc(CCc2noc(=O)o2)cc1. The third-order valence-corrected chi connectivity index (χ3v) is 2.17. The largest absolute Gasteiger partial charge is 0.542 e. The number of hydrogen-bond donors (Lipinski definition) is 0. The van der Waals surface area contributed by atoms with Crippen molar-refractivity contribution in [2.24, 2.45) is 0 Å². The number of aromatic nitrogens is 1. The lowest BCUT2D eigenvalue weighted by molar-refractivity contribution is 0.334. The molecule has 0 spiro atoms. The van der Waals surface area contributed by atoms with Crippen LogP contribution in [-0.2, 0) is 12.8 Å². The summed E-state index contributed by atoms with van der Waals surface area (Å²) in [5.74, 6) is -0.394. The summed E-state index contributed by atoms with van der Waals surface area (Å²) in [4.78, 5) is 10.6. The molecule has 1 heterocycles. The van der Waals surface area contributed by atoms with Gasteiger partial charge in [-0.15, -0.1) is 0 Å². The van der Waals surface area contributed by atoms with Crippen molar-refractivity contribution in [1.29, 1.82) is 0 Å². The normalized spacial score (nSPS) is 10.5. The van der Waals surface area contributed by atoms with Crippen molar-refractivity contribution in [3.8, 4) is 0 Å². The molecule has 4 nitrogen and oxygen atoms in total. The predicted molar refractivity (Wildman–Crippen MR) is 53.6 cm³/mol. The van der Waals surface area contributed by atoms with Crippen LogP contribution in [0.5, 0.6) is 0 Å². The van der Waals surface area contributed by atoms with E-state index in [4.69, 9.17) is 4.42 Å². The second kappa shape index (κ2) is 4.13. The summed E-state index contributed by atoms with van der Waals surface area (Å²) in [7, 11) is 0. The molecule has 2 rings (SSSR count). The Morgan fingerprint density at radius 3 is 2.53 bits per heavy atom. The maximum atomic E-state index is 10.6. The maximum absolute atomic E-state index is 10.6. The van der Waals surface area contributed by atoms with E-state index in [9.17, 15) is 4.79 Å². The maximum Gasteiger partial charge on any atom is 0.542 e. The molecular formula is C11H11NO3. The van der Waals surface area contributed by atoms with Crippen LogP contribution in [0, 0.1) is 6.92 Å². The Labute approximate surface area is 86.5 Å². The van der Waals surface area contributed by atoms with E-state index in [0.29, 0.717) is 12.3 Å². The van der Waals surface area contributed by atoms with Crippen molar-refractivity contribution in [2.75, 3.05) is 0 Å². The Morgan fingerprint density at radius 2 is 1.93 bits per heavy atom. The Kier molecular flexibility index (Phi) is 2.67. The Bertz CT molecular complexity index is 481. The monoisotopic (exact) mass is 205 g/mol. The molecule has 0 aliphatic heterocycles. The van der Waals surface area contributed by atoms with Crippen LogP contribution < -0.4 is 5.82 Å². The van der Waals surface area contributed by atoms with E-state index in [1.165, 1.54) is 11.1 Å². The standard InChI is InChI=1S/C11H11NO3/c1-8-2-4-9(5-3-8)6-7-10-12-15-11(13)14-10/h2-5H,6-7H2,1H3. The Hall–Kier alpha value is -1.84. The summed E-state index contributed by atoms with van der Waals surface area (Å²) in [6.45, 7) is 2.04. The number of rotatable bonds is 3. The molecule has 0 aliphatic rings. The molecule has 0 saturated heterocycles. The molecule has 0 amide bonds. The molecule has 0 saturated carbocycles. The van der Waals surface area contributed by atoms with E-state index in [1.807, 2.05) is 31.2 Å². The average molecular weight is 205 g/mol. The second-order valence-corrected chi connectivity index (χ2v) is 3.41. The predicted octanol–water partition coefficient (Wildman–Crippen LogP) is 1.72. The number of nitrogens with zero attached hydrogens (tertiary/aromatic N) is 1. The van der Waals surface area contributed by atoms with Crippen molar-refractivity contribution in [3.05, 3.63) is 51.9 Å². The summed E-state index contributed by atoms with van der Waals surface area (Å²) in [6.07, 6.45) is 1.37. The van der Waals surface area contributed by atoms with Gasteiger partial charge in [-0.25, -0.2) is 4.79 Å². The molecule has 0 radical (unpaired) electrons. The van der Waals surface area contributed by atoms with Crippen LogP contribution in [-0.4, -0.2) is 5.16 Å². The van der Waals surface area contributed by atoms with Crippen LogP contribution in [0.4, 0.5) is 0 Å². The van der Waals surface area contributed by atoms with Gasteiger partial charge in [-0.3, -0.25) is 4.52 Å². The molecule has 0 atom stereocenters. The van der Waals surface area contributed by atoms with Crippen LogP contribution in [0.3, 0.4) is 0 Å². The quantitative estimate of drug-likeness (QED) is 0.765. The molecule has 0 bridgehead atoms. The number of hydrogen-bond acceptors (Lipinski definition) is 4. The number of aryl methyl sites for hydroxylation is 3. The molecule has 78 valence electrons. The fraction of sp³-hybridized carbons (Fsp3) is 0.273. The summed E-state index contributed by atoms with van der Waals surface area (Å²) in [6, 6.07) is 8.20. The first kappa shape index (κ1) is 9.71. The summed E-state index contributed by atoms with van der Waals surface area (Å²) in [5.41, 5.74) is 2.41. The lowest BCUT2D eigenvalue weighted by atomic mass is 10.1. The van der Waals surface area contributed by atoms with E-state index < -0.39 is 5.82 Å². The first-order valence-electron chi connectivity index (χ1n) is 4.75. The minimum Gasteiger partial charge on any atom is -0.375 e. The van der Waals surface area contributed by atoms with Crippen LogP contribution in [0.1, 0.15) is 17.0 Å². The highest BCUT2D eigenvalue weighted by molar-refractivity contribution is 5.21. The van der Waals surface area contributed by atoms with E-state index in [-0.39, 0.29) is 0 Å². The first-order valence-corrected chi connectivity index (χ1v) is 4.75. The molecule has 1 aromatic heterocycles. The highest BCUT2D eigenvalue weighted by atomic mass is 16.6. The van der Waals surface area contributed by atoms with Crippen molar-refractivity contribution >= 4 is 0 Å². The van der Waals surface area contributed by atoms with Gasteiger partial charge in [-0.2, -0.15) is 0 Å². The van der Waals surface area contributed by atoms with Gasteiger partial charge in [0.25, 0.3) is 0 Å². The van der Waals surface area contributed by atoms with Gasteiger partial charge < -0.3 is 4.42 Å². The van der Waals surface area contributed by atoms with E-state index in [1.54, 1.807) is 0 Å². The first-order chi connectivity index (χ1) is 7.24. The van der Waals surface area contributed by atoms with Gasteiger partial charge in [-0.1, -0.05) is 29.8 Å². The molecule has 1 aromatic carbocycles. The van der Waals surface area contributed by atoms with Gasteiger partial charge in [-0.05, 0) is 24.1 Å². The third-order valence-electron chi connectivity index (χ3n) is 2.17. The molecule has 0 N–H and O–H groups in total. The average Bonchev–Trinajstić information content (AvgIpc) is 2.64. The molecular weight excluding hydrogens is 194 g/mol. The van der Waals surface area contributed by atoms with E-state index >= 15 is 0 Å². The smallest absolute Gasteiger partial charge is 0.375 e. The second-order valence-electron chi connectivity index (χ2n) is 3.41. The zero-order valence-electron chi connectivity index (χ0n) is 8.40. The summed E-state index contributed by atoms with van der Waals surface area (Å²) >= 11 is 0. The summed E-state index contributed by atoms with van der Waals surface area (Å²) in [5, 5.41) is 3.49. The molecule has 0 aliphatic carbocycles. The van der Waals surface area contributed by atoms with Gasteiger partial charge in [0, 0.05) is 6.42 Å². The van der Waals surface area contributed by atoms with Gasteiger partial charge in [0.15, 0.2) is 0 Å². The molecule has 0 unspecified atom stereocenters. The van der Waals surface area contributed by atoms with E-state index in [0.717, 1.165) is 6.42 Å². The Balaban J connectivity index is 1.99. The minimum atomic E-state index is -0.742. The van der Waals surface area contributed by atoms with Gasteiger partial charge in [0.1, 0.15) is 0 Å². The molecule has 2 aromatic rings. The van der Waals surface area contributed by atoms with Crippen LogP contribution in [0.2, 0.25) is 0 Å². The lowest BCUT2D eigenvalue weighted by Crippen LogP contribution is -1.92. The topological polar surface area (TPSA) is 56.2 Å². The Morgan fingerprint density at radius 1 is 1.20 bits per heavy atom. The van der Waals surface area contributed by atoms with Crippen molar-refractivity contribution in [2.45, 2.75) is 19.8 Å². The van der Waals surface area contributed by atoms with Crippen molar-refractivity contribution < 1.29 is 8.94 Å². The van der Waals surface area contributed by atoms with Gasteiger partial charge >= 0.3 is 5.82 Å². The minimum absolute atomic E-state index is 0.348. The highest BCUT2D eigenvalue weighted by Crippen LogP contribution is 2.06. The van der Waals surface area contributed by atoms with Crippen LogP contribution >= 0.6 is 0 Å². The lowest BCUT2D eigenvalue weighted by Gasteiger charge is -1.98. The third kappa shape index (κ3) is 2.56. The van der Waals surface area contributed by atoms with E-state index in [2.05, 4.69) is 9.68 Å². The van der Waals surface area contributed by atoms with Crippen LogP contribution in [0.25, 0.3) is 0 Å². The van der Waals surface area contributed by atoms with Gasteiger partial charge in [0.05, 0.1) is 0 Å². The molecule has 4 heteroatoms. The number of benzene rings is 1. The zero-order chi connectivity index (χ0) is 10.7. The molecule has 15 heavy (non-hydrogen) atoms. The van der Waals surface area contributed by atoms with Crippen molar-refractivity contribution in [1.82, 2.24) is 5.16 Å². The fourth-order valence-corrected chi connectivity index (χ4v) is 1.32. The van der Waals surface area contributed by atoms with Gasteiger partial charge in [0.2, 0.25) is 5.89 Å². The summed E-state index contributed by atoms with van der Waals surface area (Å²) < 4.78 is 9.00. The fourth-order valence-electron chi connectivity index (χ4n) is 1.32. The highest BCUT2D eigenvalue weighted by Gasteiger charge is 2.03. The zero-order valence-corrected chi connectivity index (χ0v) is 8.40. The van der Waals surface area contributed by atoms with Crippen molar-refractivity contribution in [3.63, 3.8) is 0 Å². The van der Waals surface area contributed by atoms with Crippen LogP contribution in [0.15, 0.2) is 38.0 Å². The molecule has 0 fully saturated rings.